The molecule has 0 amide bonds. The average Bonchev–Trinajstić information content (AvgIpc) is 2.33. The van der Waals surface area contributed by atoms with E-state index in [9.17, 15) is 5.26 Å². The fraction of sp³-hybridized carbons (Fsp3) is 0.933. The molecule has 0 radical (unpaired) electrons. The summed E-state index contributed by atoms with van der Waals surface area (Å²) in [7, 11) is 0. The molecule has 0 saturated carbocycles. The van der Waals surface area contributed by atoms with E-state index in [0.29, 0.717) is 5.41 Å². The second-order valence-corrected chi connectivity index (χ2v) is 6.62. The van der Waals surface area contributed by atoms with Crippen LogP contribution in [0.5, 0.6) is 0 Å². The highest BCUT2D eigenvalue weighted by Crippen LogP contribution is 2.19. The number of nitrogens with zero attached hydrogens (tertiary/aromatic N) is 3. The maximum Gasteiger partial charge on any atom is 0.0978 e. The van der Waals surface area contributed by atoms with Crippen molar-refractivity contribution in [3.63, 3.8) is 0 Å². The van der Waals surface area contributed by atoms with Gasteiger partial charge in [-0.1, -0.05) is 34.1 Å². The summed E-state index contributed by atoms with van der Waals surface area (Å²) in [5.41, 5.74) is 0.425. The van der Waals surface area contributed by atoms with Crippen molar-refractivity contribution in [1.29, 1.82) is 5.26 Å². The molecule has 0 aromatic rings. The summed E-state index contributed by atoms with van der Waals surface area (Å²) in [6.07, 6.45) is 3.37. The van der Waals surface area contributed by atoms with Gasteiger partial charge < -0.3 is 4.90 Å². The highest BCUT2D eigenvalue weighted by Gasteiger charge is 2.23. The summed E-state index contributed by atoms with van der Waals surface area (Å²) in [4.78, 5) is 4.90. The predicted octanol–water partition coefficient (Wildman–Crippen LogP) is 2.73. The van der Waals surface area contributed by atoms with Crippen molar-refractivity contribution in [2.75, 3.05) is 32.7 Å². The van der Waals surface area contributed by atoms with Gasteiger partial charge in [0.1, 0.15) is 0 Å². The van der Waals surface area contributed by atoms with Crippen LogP contribution >= 0.6 is 0 Å². The Labute approximate surface area is 113 Å². The van der Waals surface area contributed by atoms with E-state index in [-0.39, 0.29) is 6.04 Å². The highest BCUT2D eigenvalue weighted by molar-refractivity contribution is 4.93. The Morgan fingerprint density at radius 1 is 1.17 bits per heavy atom. The van der Waals surface area contributed by atoms with E-state index in [4.69, 9.17) is 0 Å². The van der Waals surface area contributed by atoms with Gasteiger partial charge in [0.15, 0.2) is 0 Å². The van der Waals surface area contributed by atoms with Crippen molar-refractivity contribution in [3.05, 3.63) is 0 Å². The first-order valence-corrected chi connectivity index (χ1v) is 7.32. The van der Waals surface area contributed by atoms with Gasteiger partial charge in [-0.15, -0.1) is 0 Å². The molecule has 3 nitrogen and oxygen atoms in total. The van der Waals surface area contributed by atoms with Crippen LogP contribution in [0.4, 0.5) is 0 Å². The smallest absolute Gasteiger partial charge is 0.0978 e. The van der Waals surface area contributed by atoms with Gasteiger partial charge >= 0.3 is 0 Å². The zero-order valence-electron chi connectivity index (χ0n) is 12.6. The minimum absolute atomic E-state index is 0.139. The summed E-state index contributed by atoms with van der Waals surface area (Å²) >= 11 is 0. The van der Waals surface area contributed by atoms with Crippen molar-refractivity contribution in [2.45, 2.75) is 53.0 Å². The predicted molar refractivity (Wildman–Crippen MR) is 76.4 cm³/mol. The van der Waals surface area contributed by atoms with Crippen molar-refractivity contribution < 1.29 is 0 Å². The quantitative estimate of drug-likeness (QED) is 0.752. The third-order valence-electron chi connectivity index (χ3n) is 3.74. The largest absolute Gasteiger partial charge is 0.301 e. The van der Waals surface area contributed by atoms with Crippen LogP contribution in [0.2, 0.25) is 0 Å². The Bertz CT molecular complexity index is 266. The molecule has 1 aliphatic rings. The number of nitriles is 1. The van der Waals surface area contributed by atoms with E-state index in [1.165, 1.54) is 13.0 Å². The van der Waals surface area contributed by atoms with Crippen LogP contribution in [0.1, 0.15) is 47.0 Å². The molecule has 0 aromatic heterocycles. The fourth-order valence-electron chi connectivity index (χ4n) is 2.39. The summed E-state index contributed by atoms with van der Waals surface area (Å²) in [6, 6.07) is 2.59. The molecule has 1 aliphatic heterocycles. The molecular weight excluding hydrogens is 222 g/mol. The molecule has 3 heteroatoms. The first kappa shape index (κ1) is 15.5. The summed E-state index contributed by atoms with van der Waals surface area (Å²) in [5, 5.41) is 9.18. The van der Waals surface area contributed by atoms with Crippen molar-refractivity contribution in [2.24, 2.45) is 5.41 Å². The average molecular weight is 251 g/mol. The Balaban J connectivity index is 2.30. The van der Waals surface area contributed by atoms with Gasteiger partial charge in [-0.25, -0.2) is 0 Å². The standard InChI is InChI=1S/C15H29N3/c1-5-6-14(13-16)18-11-9-17(10-12-18)8-7-15(2,3)4/h14H,5-12H2,1-4H3. The number of rotatable bonds is 5. The molecule has 1 heterocycles. The lowest BCUT2D eigenvalue weighted by Gasteiger charge is -2.37. The molecule has 1 unspecified atom stereocenters. The molecule has 0 aromatic carbocycles. The van der Waals surface area contributed by atoms with Crippen LogP contribution in [-0.4, -0.2) is 48.6 Å². The zero-order valence-corrected chi connectivity index (χ0v) is 12.6. The maximum absolute atomic E-state index is 9.18. The van der Waals surface area contributed by atoms with E-state index in [1.54, 1.807) is 0 Å². The third kappa shape index (κ3) is 5.37. The lowest BCUT2D eigenvalue weighted by Crippen LogP contribution is -2.50. The van der Waals surface area contributed by atoms with Gasteiger partial charge in [-0.2, -0.15) is 5.26 Å². The fourth-order valence-corrected chi connectivity index (χ4v) is 2.39. The Kier molecular flexibility index (Phi) is 6.11. The Hall–Kier alpha value is -0.590. The molecule has 1 rings (SSSR count). The monoisotopic (exact) mass is 251 g/mol. The van der Waals surface area contributed by atoms with E-state index in [0.717, 1.165) is 39.0 Å². The highest BCUT2D eigenvalue weighted by atomic mass is 15.3. The first-order chi connectivity index (χ1) is 8.46. The van der Waals surface area contributed by atoms with Crippen LogP contribution < -0.4 is 0 Å². The molecule has 1 atom stereocenters. The van der Waals surface area contributed by atoms with Gasteiger partial charge in [-0.05, 0) is 24.8 Å². The van der Waals surface area contributed by atoms with Crippen molar-refractivity contribution in [3.8, 4) is 6.07 Å². The zero-order chi connectivity index (χ0) is 13.6. The van der Waals surface area contributed by atoms with Crippen LogP contribution in [0.25, 0.3) is 0 Å². The Morgan fingerprint density at radius 2 is 1.78 bits per heavy atom. The molecule has 18 heavy (non-hydrogen) atoms. The topological polar surface area (TPSA) is 30.3 Å². The van der Waals surface area contributed by atoms with Crippen LogP contribution in [-0.2, 0) is 0 Å². The van der Waals surface area contributed by atoms with Crippen LogP contribution in [0.15, 0.2) is 0 Å². The molecule has 0 spiro atoms. The third-order valence-corrected chi connectivity index (χ3v) is 3.74. The van der Waals surface area contributed by atoms with Crippen LogP contribution in [0.3, 0.4) is 0 Å². The Morgan fingerprint density at radius 3 is 2.22 bits per heavy atom. The van der Waals surface area contributed by atoms with Gasteiger partial charge in [0.2, 0.25) is 0 Å². The SMILES string of the molecule is CCCC(C#N)N1CCN(CCC(C)(C)C)CC1. The lowest BCUT2D eigenvalue weighted by molar-refractivity contribution is 0.102. The minimum Gasteiger partial charge on any atom is -0.301 e. The second-order valence-electron chi connectivity index (χ2n) is 6.62. The minimum atomic E-state index is 0.139. The van der Waals surface area contributed by atoms with Gasteiger partial charge in [-0.3, -0.25) is 4.90 Å². The molecular formula is C15H29N3. The van der Waals surface area contributed by atoms with Gasteiger partial charge in [0, 0.05) is 26.2 Å². The van der Waals surface area contributed by atoms with E-state index in [2.05, 4.69) is 43.6 Å². The molecule has 0 aliphatic carbocycles. The van der Waals surface area contributed by atoms with Crippen molar-refractivity contribution in [1.82, 2.24) is 9.80 Å². The second kappa shape index (κ2) is 7.11. The number of hydrogen-bond donors (Lipinski definition) is 0. The number of piperazine rings is 1. The van der Waals surface area contributed by atoms with E-state index < -0.39 is 0 Å². The van der Waals surface area contributed by atoms with E-state index in [1.807, 2.05) is 0 Å². The van der Waals surface area contributed by atoms with Gasteiger partial charge in [0.05, 0.1) is 12.1 Å². The van der Waals surface area contributed by atoms with Crippen molar-refractivity contribution >= 4 is 0 Å². The normalized spacial score (nSPS) is 20.6. The molecule has 1 fully saturated rings. The van der Waals surface area contributed by atoms with Crippen LogP contribution in [0, 0.1) is 16.7 Å². The first-order valence-electron chi connectivity index (χ1n) is 7.32. The van der Waals surface area contributed by atoms with Gasteiger partial charge in [0.25, 0.3) is 0 Å². The molecule has 0 bridgehead atoms. The lowest BCUT2D eigenvalue weighted by atomic mass is 9.92. The van der Waals surface area contributed by atoms with E-state index >= 15 is 0 Å². The summed E-state index contributed by atoms with van der Waals surface area (Å²) in [5.74, 6) is 0. The molecule has 104 valence electrons. The summed E-state index contributed by atoms with van der Waals surface area (Å²) in [6.45, 7) is 14.6. The maximum atomic E-state index is 9.18. The summed E-state index contributed by atoms with van der Waals surface area (Å²) < 4.78 is 0. The number of hydrogen-bond acceptors (Lipinski definition) is 3. The molecule has 0 N–H and O–H groups in total. The molecule has 1 saturated heterocycles.